The van der Waals surface area contributed by atoms with Crippen LogP contribution in [0.4, 0.5) is 0 Å². The number of fused-ring (bicyclic) bond motifs is 1. The molecule has 0 aliphatic heterocycles. The molecule has 0 aliphatic rings. The first-order valence-corrected chi connectivity index (χ1v) is 8.17. The van der Waals surface area contributed by atoms with Gasteiger partial charge in [-0.1, -0.05) is 22.9 Å². The van der Waals surface area contributed by atoms with Crippen molar-refractivity contribution in [2.75, 3.05) is 0 Å². The van der Waals surface area contributed by atoms with Crippen LogP contribution < -0.4 is 4.57 Å². The normalized spacial score (nSPS) is 12.9. The zero-order valence-electron chi connectivity index (χ0n) is 10.7. The second-order valence-electron chi connectivity index (χ2n) is 4.19. The molecule has 1 atom stereocenters. The van der Waals surface area contributed by atoms with Crippen molar-refractivity contribution in [2.24, 2.45) is 0 Å². The van der Waals surface area contributed by atoms with Crippen LogP contribution in [0.15, 0.2) is 18.2 Å². The third kappa shape index (κ3) is 3.69. The number of carboxylic acid groups (broad SMARTS) is 1. The van der Waals surface area contributed by atoms with Crippen LogP contribution in [0.25, 0.3) is 10.2 Å². The van der Waals surface area contributed by atoms with Crippen LogP contribution in [0.1, 0.15) is 5.01 Å². The van der Waals surface area contributed by atoms with Crippen LogP contribution in [0, 0.1) is 6.92 Å². The van der Waals surface area contributed by atoms with Gasteiger partial charge in [-0.3, -0.25) is 9.35 Å². The van der Waals surface area contributed by atoms with Gasteiger partial charge in [-0.15, -0.1) is 0 Å². The number of aromatic nitrogens is 1. The molecule has 0 saturated heterocycles. The Bertz CT molecular complexity index is 785. The monoisotopic (exact) mass is 353 g/mol. The van der Waals surface area contributed by atoms with E-state index in [1.54, 1.807) is 25.1 Å². The molecule has 10 heteroatoms. The van der Waals surface area contributed by atoms with Gasteiger partial charge in [0.15, 0.2) is 6.54 Å². The Morgan fingerprint density at radius 3 is 2.62 bits per heavy atom. The Kier molecular flexibility index (Phi) is 5.29. The molecule has 0 fully saturated rings. The van der Waals surface area contributed by atoms with Crippen molar-refractivity contribution in [3.8, 4) is 0 Å². The van der Waals surface area contributed by atoms with Crippen molar-refractivity contribution >= 4 is 49.2 Å². The minimum absolute atomic E-state index is 0. The Balaban J connectivity index is 0.00000220. The van der Waals surface area contributed by atoms with Gasteiger partial charge in [0.25, 0.3) is 10.1 Å². The Morgan fingerprint density at radius 1 is 1.48 bits per heavy atom. The molecular weight excluding hydrogens is 342 g/mol. The molecule has 0 bridgehead atoms. The summed E-state index contributed by atoms with van der Waals surface area (Å²) in [5.41, 5.74) is 0.634. The lowest BCUT2D eigenvalue weighted by molar-refractivity contribution is -0.671. The molecule has 1 aromatic heterocycles. The number of aryl methyl sites for hydroxylation is 1. The van der Waals surface area contributed by atoms with Crippen molar-refractivity contribution in [1.29, 1.82) is 0 Å². The van der Waals surface area contributed by atoms with E-state index in [2.05, 4.69) is 0 Å². The highest BCUT2D eigenvalue weighted by atomic mass is 35.5. The first kappa shape index (κ1) is 17.8. The second kappa shape index (κ2) is 6.24. The van der Waals surface area contributed by atoms with Crippen molar-refractivity contribution in [3.05, 3.63) is 28.2 Å². The average molecular weight is 354 g/mol. The van der Waals surface area contributed by atoms with E-state index in [9.17, 15) is 13.2 Å². The number of carbonyl (C=O) groups is 1. The minimum Gasteiger partial charge on any atom is -0.870 e. The molecule has 0 saturated carbocycles. The maximum absolute atomic E-state index is 11.2. The fourth-order valence-electron chi connectivity index (χ4n) is 1.86. The van der Waals surface area contributed by atoms with E-state index in [-0.39, 0.29) is 12.0 Å². The van der Waals surface area contributed by atoms with E-state index >= 15 is 0 Å². The van der Waals surface area contributed by atoms with Crippen LogP contribution in [0.5, 0.6) is 0 Å². The minimum atomic E-state index is -4.68. The number of halogens is 1. The summed E-state index contributed by atoms with van der Waals surface area (Å²) >= 11 is 7.28. The third-order valence-corrected chi connectivity index (χ3v) is 5.22. The number of rotatable bonds is 4. The van der Waals surface area contributed by atoms with Crippen molar-refractivity contribution in [1.82, 2.24) is 0 Å². The molecule has 0 spiro atoms. The lowest BCUT2D eigenvalue weighted by Crippen LogP contribution is -2.47. The number of aliphatic carboxylic acids is 1. The summed E-state index contributed by atoms with van der Waals surface area (Å²) in [6.07, 6.45) is 0. The topological polar surface area (TPSA) is 126 Å². The largest absolute Gasteiger partial charge is 0.870 e. The Morgan fingerprint density at radius 2 is 2.10 bits per heavy atom. The summed E-state index contributed by atoms with van der Waals surface area (Å²) in [7, 11) is -4.68. The fraction of sp³-hybridized carbons (Fsp3) is 0.273. The number of nitrogens with zero attached hydrogens (tertiary/aromatic N) is 1. The van der Waals surface area contributed by atoms with Gasteiger partial charge in [0.1, 0.15) is 4.70 Å². The van der Waals surface area contributed by atoms with E-state index in [1.807, 2.05) is 0 Å². The summed E-state index contributed by atoms with van der Waals surface area (Å²) in [5, 5.41) is 8.22. The van der Waals surface area contributed by atoms with E-state index in [4.69, 9.17) is 21.3 Å². The smallest absolute Gasteiger partial charge is 0.331 e. The van der Waals surface area contributed by atoms with E-state index < -0.39 is 21.3 Å². The van der Waals surface area contributed by atoms with Crippen LogP contribution in [-0.2, 0) is 21.5 Å². The Hall–Kier alpha value is -1.26. The van der Waals surface area contributed by atoms with Crippen molar-refractivity contribution in [3.63, 3.8) is 0 Å². The summed E-state index contributed by atoms with van der Waals surface area (Å²) in [6, 6.07) is 5.10. The van der Waals surface area contributed by atoms with Crippen molar-refractivity contribution in [2.45, 2.75) is 18.7 Å². The molecule has 7 nitrogen and oxygen atoms in total. The first-order chi connectivity index (χ1) is 9.20. The number of hydrogen-bond acceptors (Lipinski definition) is 5. The standard InChI is InChI=1S/C11H10ClNO5S2.H2O/c1-6-13(5-10(11(14)15)20(16,17)18)8-4-7(12)2-3-9(8)19-6;/h2-4,10H,5H2,1H3,(H-,14,15,16,17,18);1H2. The molecule has 116 valence electrons. The highest BCUT2D eigenvalue weighted by Crippen LogP contribution is 2.23. The zero-order chi connectivity index (χ0) is 15.1. The predicted octanol–water partition coefficient (Wildman–Crippen LogP) is 1.31. The van der Waals surface area contributed by atoms with Gasteiger partial charge in [-0.05, 0) is 12.1 Å². The lowest BCUT2D eigenvalue weighted by Gasteiger charge is -2.05. The molecule has 3 N–H and O–H groups in total. The molecule has 2 aromatic rings. The Labute approximate surface area is 129 Å². The third-order valence-electron chi connectivity index (χ3n) is 2.83. The quantitative estimate of drug-likeness (QED) is 0.630. The highest BCUT2D eigenvalue weighted by Gasteiger charge is 2.37. The number of thiazole rings is 1. The van der Waals surface area contributed by atoms with Gasteiger partial charge < -0.3 is 10.6 Å². The lowest BCUT2D eigenvalue weighted by atomic mass is 10.3. The van der Waals surface area contributed by atoms with Crippen molar-refractivity contribution < 1.29 is 32.9 Å². The van der Waals surface area contributed by atoms with Gasteiger partial charge in [0, 0.05) is 18.0 Å². The molecule has 0 radical (unpaired) electrons. The van der Waals surface area contributed by atoms with E-state index in [0.717, 1.165) is 9.71 Å². The molecule has 1 unspecified atom stereocenters. The summed E-state index contributed by atoms with van der Waals surface area (Å²) < 4.78 is 33.7. The van der Waals surface area contributed by atoms with Gasteiger partial charge in [-0.2, -0.15) is 13.0 Å². The predicted molar refractivity (Wildman–Crippen MR) is 76.7 cm³/mol. The van der Waals surface area contributed by atoms with Crippen LogP contribution in [0.2, 0.25) is 5.02 Å². The van der Waals surface area contributed by atoms with Crippen LogP contribution in [-0.4, -0.2) is 34.8 Å². The number of carboxylic acids is 1. The zero-order valence-corrected chi connectivity index (χ0v) is 13.1. The fourth-order valence-corrected chi connectivity index (χ4v) is 3.63. The average Bonchev–Trinajstić information content (AvgIpc) is 2.59. The molecule has 0 amide bonds. The molecule has 1 aromatic carbocycles. The molecule has 2 rings (SSSR count). The SMILES string of the molecule is Cc1sc2ccc(Cl)cc2[n+]1CC(C(=O)O)S(=O)(=O)O.[OH-]. The first-order valence-electron chi connectivity index (χ1n) is 5.47. The van der Waals surface area contributed by atoms with Crippen LogP contribution in [0.3, 0.4) is 0 Å². The second-order valence-corrected chi connectivity index (χ2v) is 7.46. The maximum Gasteiger partial charge on any atom is 0.331 e. The summed E-state index contributed by atoms with van der Waals surface area (Å²) in [4.78, 5) is 11.0. The van der Waals surface area contributed by atoms with Gasteiger partial charge >= 0.3 is 5.97 Å². The van der Waals surface area contributed by atoms with Gasteiger partial charge in [0.05, 0.1) is 0 Å². The van der Waals surface area contributed by atoms with E-state index in [0.29, 0.717) is 10.5 Å². The molecule has 1 heterocycles. The highest BCUT2D eigenvalue weighted by molar-refractivity contribution is 7.87. The number of hydrogen-bond donors (Lipinski definition) is 2. The van der Waals surface area contributed by atoms with E-state index in [1.165, 1.54) is 15.9 Å². The number of benzene rings is 1. The summed E-state index contributed by atoms with van der Waals surface area (Å²) in [5.74, 6) is -1.60. The van der Waals surface area contributed by atoms with Crippen LogP contribution >= 0.6 is 22.9 Å². The van der Waals surface area contributed by atoms with Gasteiger partial charge in [0.2, 0.25) is 15.8 Å². The molecule has 21 heavy (non-hydrogen) atoms. The van der Waals surface area contributed by atoms with Gasteiger partial charge in [-0.25, -0.2) is 0 Å². The maximum atomic E-state index is 11.2. The molecule has 0 aliphatic carbocycles. The molecular formula is C11H12ClNO6S2. The summed E-state index contributed by atoms with van der Waals surface area (Å²) in [6.45, 7) is 1.36.